The minimum absolute atomic E-state index is 0.000413. The molecule has 0 heterocycles. The minimum Gasteiger partial charge on any atom is -0.481 e. The highest BCUT2D eigenvalue weighted by Gasteiger charge is 2.29. The molecule has 0 bridgehead atoms. The fraction of sp³-hybridized carbons (Fsp3) is 0.500. The normalized spacial score (nSPS) is 21.8. The molecule has 0 spiro atoms. The highest BCUT2D eigenvalue weighted by Crippen LogP contribution is 2.29. The summed E-state index contributed by atoms with van der Waals surface area (Å²) >= 11 is 0. The first-order valence-electron chi connectivity index (χ1n) is 7.37. The van der Waals surface area contributed by atoms with E-state index in [0.717, 1.165) is 17.8 Å². The molecule has 1 aliphatic rings. The summed E-state index contributed by atoms with van der Waals surface area (Å²) < 4.78 is 0. The zero-order chi connectivity index (χ0) is 15.2. The van der Waals surface area contributed by atoms with E-state index in [0.29, 0.717) is 25.7 Å². The van der Waals surface area contributed by atoms with Gasteiger partial charge in [0, 0.05) is 18.2 Å². The Morgan fingerprint density at radius 2 is 1.86 bits per heavy atom. The van der Waals surface area contributed by atoms with Crippen molar-refractivity contribution < 1.29 is 14.7 Å². The van der Waals surface area contributed by atoms with E-state index in [4.69, 9.17) is 5.11 Å². The van der Waals surface area contributed by atoms with Crippen molar-refractivity contribution >= 4 is 17.6 Å². The molecule has 1 aliphatic carbocycles. The highest BCUT2D eigenvalue weighted by molar-refractivity contribution is 5.92. The third-order valence-electron chi connectivity index (χ3n) is 4.02. The Labute approximate surface area is 124 Å². The van der Waals surface area contributed by atoms with Gasteiger partial charge in [0.25, 0.3) is 0 Å². The highest BCUT2D eigenvalue weighted by atomic mass is 16.4. The lowest BCUT2D eigenvalue weighted by atomic mass is 9.81. The summed E-state index contributed by atoms with van der Waals surface area (Å²) in [5.41, 5.74) is 1.91. The van der Waals surface area contributed by atoms with Crippen LogP contribution in [0.2, 0.25) is 0 Å². The Morgan fingerprint density at radius 1 is 1.19 bits per heavy atom. The standard InChI is InChI=1S/C16H22N2O3/c1-17-10-11-3-2-4-14(9-11)18-15(19)12-5-7-13(8-6-12)16(20)21/h2-4,9,12-13,17H,5-8,10H2,1H3,(H,18,19)(H,20,21). The van der Waals surface area contributed by atoms with Crippen molar-refractivity contribution in [3.63, 3.8) is 0 Å². The molecule has 0 unspecified atom stereocenters. The molecular formula is C16H22N2O3. The van der Waals surface area contributed by atoms with Crippen molar-refractivity contribution in [3.8, 4) is 0 Å². The Bertz CT molecular complexity index is 508. The van der Waals surface area contributed by atoms with Crippen molar-refractivity contribution in [1.82, 2.24) is 5.32 Å². The Kier molecular flexibility index (Phi) is 5.33. The van der Waals surface area contributed by atoms with E-state index in [1.165, 1.54) is 0 Å². The van der Waals surface area contributed by atoms with Gasteiger partial charge in [-0.1, -0.05) is 12.1 Å². The maximum Gasteiger partial charge on any atom is 0.306 e. The van der Waals surface area contributed by atoms with Crippen molar-refractivity contribution in [3.05, 3.63) is 29.8 Å². The van der Waals surface area contributed by atoms with Crippen LogP contribution >= 0.6 is 0 Å². The maximum atomic E-state index is 12.2. The van der Waals surface area contributed by atoms with Gasteiger partial charge in [-0.2, -0.15) is 0 Å². The van der Waals surface area contributed by atoms with Crippen LogP contribution in [0.25, 0.3) is 0 Å². The van der Waals surface area contributed by atoms with Gasteiger partial charge in [0.2, 0.25) is 5.91 Å². The second kappa shape index (κ2) is 7.22. The van der Waals surface area contributed by atoms with Gasteiger partial charge >= 0.3 is 5.97 Å². The van der Waals surface area contributed by atoms with Crippen LogP contribution < -0.4 is 10.6 Å². The maximum absolute atomic E-state index is 12.2. The van der Waals surface area contributed by atoms with E-state index in [1.807, 2.05) is 31.3 Å². The van der Waals surface area contributed by atoms with E-state index in [9.17, 15) is 9.59 Å². The first-order valence-corrected chi connectivity index (χ1v) is 7.37. The zero-order valence-electron chi connectivity index (χ0n) is 12.3. The number of hydrogen-bond donors (Lipinski definition) is 3. The van der Waals surface area contributed by atoms with E-state index < -0.39 is 5.97 Å². The molecule has 114 valence electrons. The third-order valence-corrected chi connectivity index (χ3v) is 4.02. The predicted molar refractivity (Wildman–Crippen MR) is 80.9 cm³/mol. The lowest BCUT2D eigenvalue weighted by molar-refractivity contribution is -0.143. The average Bonchev–Trinajstić information content (AvgIpc) is 2.48. The Hall–Kier alpha value is -1.88. The smallest absolute Gasteiger partial charge is 0.306 e. The van der Waals surface area contributed by atoms with Gasteiger partial charge in [-0.25, -0.2) is 0 Å². The number of amides is 1. The van der Waals surface area contributed by atoms with Gasteiger partial charge in [-0.3, -0.25) is 9.59 Å². The molecule has 5 nitrogen and oxygen atoms in total. The molecule has 0 aliphatic heterocycles. The molecule has 1 amide bonds. The monoisotopic (exact) mass is 290 g/mol. The number of nitrogens with one attached hydrogen (secondary N) is 2. The topological polar surface area (TPSA) is 78.4 Å². The molecule has 0 saturated heterocycles. The van der Waals surface area contributed by atoms with Crippen LogP contribution in [0.5, 0.6) is 0 Å². The molecule has 3 N–H and O–H groups in total. The third kappa shape index (κ3) is 4.29. The second-order valence-corrected chi connectivity index (χ2v) is 5.61. The SMILES string of the molecule is CNCc1cccc(NC(=O)C2CCC(C(=O)O)CC2)c1. The molecule has 1 aromatic rings. The molecule has 0 aromatic heterocycles. The van der Waals surface area contributed by atoms with Crippen LogP contribution in [0.15, 0.2) is 24.3 Å². The largest absolute Gasteiger partial charge is 0.481 e. The summed E-state index contributed by atoms with van der Waals surface area (Å²) in [7, 11) is 1.88. The Balaban J connectivity index is 1.90. The lowest BCUT2D eigenvalue weighted by Crippen LogP contribution is -2.29. The molecule has 1 fully saturated rings. The van der Waals surface area contributed by atoms with Gasteiger partial charge in [0.1, 0.15) is 0 Å². The van der Waals surface area contributed by atoms with Crippen molar-refractivity contribution in [2.45, 2.75) is 32.2 Å². The summed E-state index contributed by atoms with van der Waals surface area (Å²) in [5, 5.41) is 15.0. The van der Waals surface area contributed by atoms with Gasteiger partial charge in [-0.15, -0.1) is 0 Å². The molecular weight excluding hydrogens is 268 g/mol. The fourth-order valence-corrected chi connectivity index (χ4v) is 2.81. The Morgan fingerprint density at radius 3 is 2.48 bits per heavy atom. The summed E-state index contributed by atoms with van der Waals surface area (Å²) in [6.45, 7) is 0.757. The number of aliphatic carboxylic acids is 1. The number of benzene rings is 1. The fourth-order valence-electron chi connectivity index (χ4n) is 2.81. The molecule has 5 heteroatoms. The average molecular weight is 290 g/mol. The van der Waals surface area contributed by atoms with E-state index in [1.54, 1.807) is 0 Å². The zero-order valence-corrected chi connectivity index (χ0v) is 12.3. The summed E-state index contributed by atoms with van der Waals surface area (Å²) in [6, 6.07) is 7.76. The van der Waals surface area contributed by atoms with E-state index in [-0.39, 0.29) is 17.7 Å². The predicted octanol–water partition coefficient (Wildman–Crippen LogP) is 2.24. The summed E-state index contributed by atoms with van der Waals surface area (Å²) in [4.78, 5) is 23.2. The van der Waals surface area contributed by atoms with Gasteiger partial charge in [0.05, 0.1) is 5.92 Å². The van der Waals surface area contributed by atoms with Crippen molar-refractivity contribution in [2.75, 3.05) is 12.4 Å². The number of carbonyl (C=O) groups is 2. The van der Waals surface area contributed by atoms with Gasteiger partial charge < -0.3 is 15.7 Å². The van der Waals surface area contributed by atoms with E-state index >= 15 is 0 Å². The van der Waals surface area contributed by atoms with Gasteiger partial charge in [-0.05, 0) is 50.4 Å². The second-order valence-electron chi connectivity index (χ2n) is 5.61. The van der Waals surface area contributed by atoms with Crippen LogP contribution in [0, 0.1) is 11.8 Å². The van der Waals surface area contributed by atoms with Crippen LogP contribution in [0.3, 0.4) is 0 Å². The lowest BCUT2D eigenvalue weighted by Gasteiger charge is -2.25. The first kappa shape index (κ1) is 15.5. The molecule has 21 heavy (non-hydrogen) atoms. The number of carboxylic acids is 1. The molecule has 0 radical (unpaired) electrons. The number of anilines is 1. The van der Waals surface area contributed by atoms with E-state index in [2.05, 4.69) is 10.6 Å². The number of carbonyl (C=O) groups excluding carboxylic acids is 1. The van der Waals surface area contributed by atoms with Crippen molar-refractivity contribution in [2.24, 2.45) is 11.8 Å². The van der Waals surface area contributed by atoms with Crippen LogP contribution in [0.1, 0.15) is 31.2 Å². The van der Waals surface area contributed by atoms with Crippen molar-refractivity contribution in [1.29, 1.82) is 0 Å². The molecule has 0 atom stereocenters. The summed E-state index contributed by atoms with van der Waals surface area (Å²) in [5.74, 6) is -1.10. The molecule has 1 aromatic carbocycles. The number of carboxylic acid groups (broad SMARTS) is 1. The van der Waals surface area contributed by atoms with Gasteiger partial charge in [0.15, 0.2) is 0 Å². The van der Waals surface area contributed by atoms with Crippen LogP contribution in [0.4, 0.5) is 5.69 Å². The number of rotatable bonds is 5. The minimum atomic E-state index is -0.742. The summed E-state index contributed by atoms with van der Waals surface area (Å²) in [6.07, 6.45) is 2.48. The molecule has 1 saturated carbocycles. The van der Waals surface area contributed by atoms with Crippen LogP contribution in [-0.2, 0) is 16.1 Å². The first-order chi connectivity index (χ1) is 10.1. The quantitative estimate of drug-likeness (QED) is 0.777. The number of hydrogen-bond acceptors (Lipinski definition) is 3. The van der Waals surface area contributed by atoms with Crippen LogP contribution in [-0.4, -0.2) is 24.0 Å². The molecule has 2 rings (SSSR count).